The summed E-state index contributed by atoms with van der Waals surface area (Å²) in [4.78, 5) is 2.64. The van der Waals surface area contributed by atoms with E-state index >= 15 is 0 Å². The van der Waals surface area contributed by atoms with Crippen molar-refractivity contribution in [1.29, 1.82) is 0 Å². The van der Waals surface area contributed by atoms with E-state index in [1.165, 1.54) is 45.2 Å². The van der Waals surface area contributed by atoms with Crippen molar-refractivity contribution in [3.05, 3.63) is 29.8 Å². The van der Waals surface area contributed by atoms with Crippen molar-refractivity contribution in [1.82, 2.24) is 4.90 Å². The van der Waals surface area contributed by atoms with Crippen LogP contribution < -0.4 is 0 Å². The fourth-order valence-electron chi connectivity index (χ4n) is 2.89. The molecular formula is C17H27NO. The number of hydrogen-bond acceptors (Lipinski definition) is 2. The quantitative estimate of drug-likeness (QED) is 0.760. The molecule has 2 heteroatoms. The Morgan fingerprint density at radius 2 is 1.74 bits per heavy atom. The first-order valence-corrected chi connectivity index (χ1v) is 7.79. The molecule has 106 valence electrons. The van der Waals surface area contributed by atoms with Crippen LogP contribution in [0.1, 0.15) is 57.4 Å². The van der Waals surface area contributed by atoms with Gasteiger partial charge in [0, 0.05) is 12.0 Å². The number of nitrogens with zero attached hydrogens (tertiary/aromatic N) is 1. The lowest BCUT2D eigenvalue weighted by molar-refractivity contribution is 0.250. The maximum absolute atomic E-state index is 9.95. The average molecular weight is 261 g/mol. The first-order chi connectivity index (χ1) is 9.27. The Morgan fingerprint density at radius 1 is 1.11 bits per heavy atom. The topological polar surface area (TPSA) is 23.5 Å². The number of phenolic OH excluding ortho intramolecular Hbond substituents is 1. The van der Waals surface area contributed by atoms with Gasteiger partial charge in [0.2, 0.25) is 0 Å². The number of para-hydroxylation sites is 1. The third-order valence-electron chi connectivity index (χ3n) is 4.16. The van der Waals surface area contributed by atoms with Gasteiger partial charge in [-0.25, -0.2) is 0 Å². The maximum atomic E-state index is 9.95. The molecule has 1 aromatic carbocycles. The highest BCUT2D eigenvalue weighted by Crippen LogP contribution is 2.47. The summed E-state index contributed by atoms with van der Waals surface area (Å²) in [6, 6.07) is 8.49. The minimum Gasteiger partial charge on any atom is -0.508 e. The van der Waals surface area contributed by atoms with Crippen molar-refractivity contribution in [2.24, 2.45) is 0 Å². The Balaban J connectivity index is 1.95. The molecule has 0 saturated heterocycles. The van der Waals surface area contributed by atoms with Crippen LogP contribution in [0.2, 0.25) is 0 Å². The average Bonchev–Trinajstić information content (AvgIpc) is 3.20. The normalized spacial score (nSPS) is 21.8. The van der Waals surface area contributed by atoms with Crippen LogP contribution in [0.3, 0.4) is 0 Å². The van der Waals surface area contributed by atoms with Gasteiger partial charge >= 0.3 is 0 Å². The maximum Gasteiger partial charge on any atom is 0.119 e. The standard InChI is InChI=1S/C17H27NO/c1-3-5-11-18(12-6-4-2)16-13-15(16)14-9-7-8-10-17(14)19/h7-10,15-16,19H,3-6,11-13H2,1-2H3. The lowest BCUT2D eigenvalue weighted by Crippen LogP contribution is -2.29. The van der Waals surface area contributed by atoms with Crippen molar-refractivity contribution in [3.8, 4) is 5.75 Å². The smallest absolute Gasteiger partial charge is 0.119 e. The minimum absolute atomic E-state index is 0.473. The molecule has 1 N–H and O–H groups in total. The summed E-state index contributed by atoms with van der Waals surface area (Å²) in [6.07, 6.45) is 6.31. The Bertz CT molecular complexity index is 383. The molecule has 0 radical (unpaired) electrons. The predicted octanol–water partition coefficient (Wildman–Crippen LogP) is 4.15. The Morgan fingerprint density at radius 3 is 2.32 bits per heavy atom. The van der Waals surface area contributed by atoms with Crippen LogP contribution in [-0.2, 0) is 0 Å². The van der Waals surface area contributed by atoms with Gasteiger partial charge in [-0.1, -0.05) is 44.9 Å². The molecule has 19 heavy (non-hydrogen) atoms. The minimum atomic E-state index is 0.473. The summed E-state index contributed by atoms with van der Waals surface area (Å²) >= 11 is 0. The van der Waals surface area contributed by atoms with Gasteiger partial charge in [0.05, 0.1) is 0 Å². The van der Waals surface area contributed by atoms with E-state index in [4.69, 9.17) is 0 Å². The van der Waals surface area contributed by atoms with Crippen LogP contribution in [0.15, 0.2) is 24.3 Å². The lowest BCUT2D eigenvalue weighted by atomic mass is 10.1. The molecule has 1 aliphatic carbocycles. The predicted molar refractivity (Wildman–Crippen MR) is 80.6 cm³/mol. The number of unbranched alkanes of at least 4 members (excludes halogenated alkanes) is 2. The molecule has 0 aromatic heterocycles. The van der Waals surface area contributed by atoms with Gasteiger partial charge < -0.3 is 5.11 Å². The van der Waals surface area contributed by atoms with E-state index in [1.54, 1.807) is 0 Å². The highest BCUT2D eigenvalue weighted by atomic mass is 16.3. The van der Waals surface area contributed by atoms with Crippen LogP contribution in [0, 0.1) is 0 Å². The number of aromatic hydroxyl groups is 1. The zero-order valence-electron chi connectivity index (χ0n) is 12.3. The van der Waals surface area contributed by atoms with Gasteiger partial charge in [-0.3, -0.25) is 4.90 Å². The van der Waals surface area contributed by atoms with E-state index in [0.29, 0.717) is 17.7 Å². The van der Waals surface area contributed by atoms with E-state index in [2.05, 4.69) is 24.8 Å². The monoisotopic (exact) mass is 261 g/mol. The number of phenols is 1. The van der Waals surface area contributed by atoms with Crippen molar-refractivity contribution < 1.29 is 5.11 Å². The summed E-state index contributed by atoms with van der Waals surface area (Å²) in [7, 11) is 0. The van der Waals surface area contributed by atoms with Crippen molar-refractivity contribution in [2.45, 2.75) is 57.9 Å². The van der Waals surface area contributed by atoms with Crippen LogP contribution in [0.25, 0.3) is 0 Å². The summed E-state index contributed by atoms with van der Waals surface area (Å²) < 4.78 is 0. The summed E-state index contributed by atoms with van der Waals surface area (Å²) in [5, 5.41) is 9.95. The number of benzene rings is 1. The molecule has 2 unspecified atom stereocenters. The molecule has 1 saturated carbocycles. The highest BCUT2D eigenvalue weighted by Gasteiger charge is 2.43. The van der Waals surface area contributed by atoms with E-state index < -0.39 is 0 Å². The van der Waals surface area contributed by atoms with Gasteiger partial charge in [0.15, 0.2) is 0 Å². The van der Waals surface area contributed by atoms with Crippen LogP contribution in [0.4, 0.5) is 0 Å². The summed E-state index contributed by atoms with van der Waals surface area (Å²) in [6.45, 7) is 6.94. The molecule has 1 aromatic rings. The van der Waals surface area contributed by atoms with Gasteiger partial charge in [-0.15, -0.1) is 0 Å². The molecule has 0 spiro atoms. The second-order valence-corrected chi connectivity index (χ2v) is 5.71. The van der Waals surface area contributed by atoms with Gasteiger partial charge in [-0.2, -0.15) is 0 Å². The highest BCUT2D eigenvalue weighted by molar-refractivity contribution is 5.39. The molecule has 1 fully saturated rings. The molecule has 2 rings (SSSR count). The largest absolute Gasteiger partial charge is 0.508 e. The van der Waals surface area contributed by atoms with Crippen molar-refractivity contribution >= 4 is 0 Å². The van der Waals surface area contributed by atoms with Crippen LogP contribution >= 0.6 is 0 Å². The molecule has 0 aliphatic heterocycles. The Labute approximate surface area is 117 Å². The molecular weight excluding hydrogens is 234 g/mol. The fraction of sp³-hybridized carbons (Fsp3) is 0.647. The number of hydrogen-bond donors (Lipinski definition) is 1. The van der Waals surface area contributed by atoms with E-state index in [9.17, 15) is 5.11 Å². The molecule has 0 bridgehead atoms. The summed E-state index contributed by atoms with van der Waals surface area (Å²) in [5.41, 5.74) is 1.14. The first kappa shape index (κ1) is 14.4. The number of rotatable bonds is 8. The van der Waals surface area contributed by atoms with E-state index in [0.717, 1.165) is 5.56 Å². The zero-order valence-corrected chi connectivity index (χ0v) is 12.3. The van der Waals surface area contributed by atoms with E-state index in [1.807, 2.05) is 18.2 Å². The van der Waals surface area contributed by atoms with Gasteiger partial charge in [0.1, 0.15) is 5.75 Å². The third-order valence-corrected chi connectivity index (χ3v) is 4.16. The zero-order chi connectivity index (χ0) is 13.7. The molecule has 2 nitrogen and oxygen atoms in total. The van der Waals surface area contributed by atoms with Gasteiger partial charge in [0.25, 0.3) is 0 Å². The van der Waals surface area contributed by atoms with Crippen molar-refractivity contribution in [2.75, 3.05) is 13.1 Å². The summed E-state index contributed by atoms with van der Waals surface area (Å²) in [5.74, 6) is 1.02. The van der Waals surface area contributed by atoms with E-state index in [-0.39, 0.29) is 0 Å². The van der Waals surface area contributed by atoms with Crippen LogP contribution in [0.5, 0.6) is 5.75 Å². The molecule has 1 aliphatic rings. The molecule has 0 heterocycles. The van der Waals surface area contributed by atoms with Crippen molar-refractivity contribution in [3.63, 3.8) is 0 Å². The fourth-order valence-corrected chi connectivity index (χ4v) is 2.89. The SMILES string of the molecule is CCCCN(CCCC)C1CC1c1ccccc1O. The third kappa shape index (κ3) is 3.73. The lowest BCUT2D eigenvalue weighted by Gasteiger charge is -2.22. The molecule has 0 amide bonds. The van der Waals surface area contributed by atoms with Gasteiger partial charge in [-0.05, 0) is 44.0 Å². The Hall–Kier alpha value is -1.02. The molecule has 2 atom stereocenters. The first-order valence-electron chi connectivity index (χ1n) is 7.79. The van der Waals surface area contributed by atoms with Crippen LogP contribution in [-0.4, -0.2) is 29.1 Å². The Kier molecular flexibility index (Phi) is 5.26. The second-order valence-electron chi connectivity index (χ2n) is 5.71. The second kappa shape index (κ2) is 6.95.